The van der Waals surface area contributed by atoms with Crippen molar-refractivity contribution < 1.29 is 17.6 Å². The van der Waals surface area contributed by atoms with E-state index in [0.29, 0.717) is 34.5 Å². The smallest absolute Gasteiger partial charge is 0.383 e. The third-order valence-corrected chi connectivity index (χ3v) is 8.15. The molecule has 7 N–H and O–H groups in total. The summed E-state index contributed by atoms with van der Waals surface area (Å²) < 4.78 is 57.1. The fourth-order valence-corrected chi connectivity index (χ4v) is 5.12. The van der Waals surface area contributed by atoms with Gasteiger partial charge in [-0.25, -0.2) is 14.8 Å². The highest BCUT2D eigenvalue weighted by atomic mass is 19.4. The molecule has 7 nitrogen and oxygen atoms in total. The number of hydrogen-bond acceptors (Lipinski definition) is 7. The molecule has 0 saturated heterocycles. The Morgan fingerprint density at radius 1 is 1.02 bits per heavy atom. The summed E-state index contributed by atoms with van der Waals surface area (Å²) >= 11 is 0. The summed E-state index contributed by atoms with van der Waals surface area (Å²) in [5.74, 6) is -1.80. The zero-order valence-electron chi connectivity index (χ0n) is 23.5. The molecule has 1 heterocycles. The lowest BCUT2D eigenvalue weighted by Crippen LogP contribution is -2.49. The number of nitrogens with zero attached hydrogens (tertiary/aromatic N) is 2. The van der Waals surface area contributed by atoms with Gasteiger partial charge in [0, 0.05) is 17.3 Å². The molecule has 11 heteroatoms. The van der Waals surface area contributed by atoms with Crippen LogP contribution in [0.4, 0.5) is 34.8 Å². The molecule has 1 aliphatic rings. The van der Waals surface area contributed by atoms with Gasteiger partial charge >= 0.3 is 6.18 Å². The van der Waals surface area contributed by atoms with Gasteiger partial charge in [0.1, 0.15) is 17.8 Å². The van der Waals surface area contributed by atoms with Crippen molar-refractivity contribution in [2.24, 2.45) is 17.6 Å². The van der Waals surface area contributed by atoms with E-state index in [1.54, 1.807) is 60.8 Å². The molecule has 0 amide bonds. The summed E-state index contributed by atoms with van der Waals surface area (Å²) in [6, 6.07) is 20.1. The number of benzene rings is 3. The summed E-state index contributed by atoms with van der Waals surface area (Å²) in [7, 11) is 0. The number of fused-ring (bicyclic) bond motifs is 1. The molecule has 5 rings (SSSR count). The summed E-state index contributed by atoms with van der Waals surface area (Å²) in [4.78, 5) is 4.06. The first-order valence-corrected chi connectivity index (χ1v) is 14.1. The lowest BCUT2D eigenvalue weighted by molar-refractivity contribution is -0.174. The molecule has 0 radical (unpaired) electrons. The first kappa shape index (κ1) is 30.1. The number of nitrogens with one attached hydrogen (secondary N) is 3. The van der Waals surface area contributed by atoms with Crippen LogP contribution in [-0.4, -0.2) is 17.3 Å². The number of pyridine rings is 1. The highest BCUT2D eigenvalue weighted by molar-refractivity contribution is 5.93. The van der Waals surface area contributed by atoms with E-state index in [9.17, 15) is 18.4 Å². The number of rotatable bonds is 11. The van der Waals surface area contributed by atoms with Crippen molar-refractivity contribution in [1.29, 1.82) is 5.26 Å². The molecule has 43 heavy (non-hydrogen) atoms. The monoisotopic (exact) mass is 591 g/mol. The number of hydrogen-bond donors (Lipinski definition) is 5. The average Bonchev–Trinajstić information content (AvgIpc) is 3.83. The molecule has 4 aromatic rings. The molecule has 1 aliphatic carbocycles. The Balaban J connectivity index is 1.44. The molecule has 0 spiro atoms. The number of nitriles is 1. The summed E-state index contributed by atoms with van der Waals surface area (Å²) in [6.45, 7) is 1.01. The highest BCUT2D eigenvalue weighted by Gasteiger charge is 2.42. The van der Waals surface area contributed by atoms with Gasteiger partial charge in [0.15, 0.2) is 0 Å². The van der Waals surface area contributed by atoms with Crippen LogP contribution in [0.5, 0.6) is 0 Å². The standard InChI is InChI=1S/C32H33F4N7/c1-19(32(34,35)36)30(43-42-25-10-6-22-13-15-40-29(38)26(22)17-25)41-28-16-24(9-11-27(28)33)31(39,14-12-20-2-3-20)23-7-4-21(18-37)5-8-23/h4-11,13,15-17,19-20,30,41-43H,2-3,12,14,39H2,1H3,(H2,38,40)/t19?,30-,31?/m1/s1. The fraction of sp³-hybridized carbons (Fsp3) is 0.312. The predicted octanol–water partition coefficient (Wildman–Crippen LogP) is 6.77. The van der Waals surface area contributed by atoms with Gasteiger partial charge in [-0.15, -0.1) is 0 Å². The normalized spacial score (nSPS) is 16.2. The number of aromatic nitrogens is 1. The lowest BCUT2D eigenvalue weighted by atomic mass is 9.79. The van der Waals surface area contributed by atoms with E-state index < -0.39 is 29.6 Å². The topological polar surface area (TPSA) is 125 Å². The van der Waals surface area contributed by atoms with E-state index in [0.717, 1.165) is 37.1 Å². The molecule has 0 bridgehead atoms. The number of nitrogen functional groups attached to an aromatic ring is 1. The minimum atomic E-state index is -4.59. The van der Waals surface area contributed by atoms with Gasteiger partial charge in [-0.1, -0.05) is 44.0 Å². The second-order valence-electron chi connectivity index (χ2n) is 11.2. The van der Waals surface area contributed by atoms with Gasteiger partial charge in [0.05, 0.1) is 28.8 Å². The van der Waals surface area contributed by atoms with Gasteiger partial charge in [0.25, 0.3) is 0 Å². The third-order valence-electron chi connectivity index (χ3n) is 8.15. The fourth-order valence-electron chi connectivity index (χ4n) is 5.12. The largest absolute Gasteiger partial charge is 0.394 e. The Kier molecular flexibility index (Phi) is 8.44. The van der Waals surface area contributed by atoms with E-state index >= 15 is 4.39 Å². The van der Waals surface area contributed by atoms with Crippen molar-refractivity contribution in [2.75, 3.05) is 16.5 Å². The van der Waals surface area contributed by atoms with Crippen molar-refractivity contribution in [2.45, 2.75) is 50.5 Å². The summed E-state index contributed by atoms with van der Waals surface area (Å²) in [5, 5.41) is 13.4. The van der Waals surface area contributed by atoms with Gasteiger partial charge in [-0.05, 0) is 77.7 Å². The Bertz CT molecular complexity index is 1630. The second-order valence-corrected chi connectivity index (χ2v) is 11.2. The van der Waals surface area contributed by atoms with Crippen LogP contribution in [0.3, 0.4) is 0 Å². The van der Waals surface area contributed by atoms with Crippen LogP contribution in [0.1, 0.15) is 49.3 Å². The van der Waals surface area contributed by atoms with Crippen LogP contribution in [0.25, 0.3) is 10.8 Å². The first-order chi connectivity index (χ1) is 20.5. The number of hydrazine groups is 1. The van der Waals surface area contributed by atoms with Crippen molar-refractivity contribution in [3.05, 3.63) is 95.4 Å². The molecule has 1 aromatic heterocycles. The van der Waals surface area contributed by atoms with Crippen LogP contribution >= 0.6 is 0 Å². The summed E-state index contributed by atoms with van der Waals surface area (Å²) in [6.07, 6.45) is -0.855. The van der Waals surface area contributed by atoms with Gasteiger partial charge in [0.2, 0.25) is 0 Å². The molecular formula is C32H33F4N7. The van der Waals surface area contributed by atoms with Crippen molar-refractivity contribution in [1.82, 2.24) is 10.4 Å². The number of anilines is 3. The number of alkyl halides is 3. The molecule has 3 aromatic carbocycles. The van der Waals surface area contributed by atoms with Gasteiger partial charge in [-0.3, -0.25) is 0 Å². The Hall–Kier alpha value is -4.40. The van der Waals surface area contributed by atoms with Crippen LogP contribution < -0.4 is 27.6 Å². The van der Waals surface area contributed by atoms with Crippen molar-refractivity contribution in [3.63, 3.8) is 0 Å². The predicted molar refractivity (Wildman–Crippen MR) is 160 cm³/mol. The molecule has 3 atom stereocenters. The van der Waals surface area contributed by atoms with E-state index in [2.05, 4.69) is 27.2 Å². The van der Waals surface area contributed by atoms with Gasteiger partial charge in [-0.2, -0.15) is 18.4 Å². The maximum Gasteiger partial charge on any atom is 0.394 e. The van der Waals surface area contributed by atoms with Crippen molar-refractivity contribution in [3.8, 4) is 6.07 Å². The molecule has 1 saturated carbocycles. The quantitative estimate of drug-likeness (QED) is 0.0740. The zero-order valence-corrected chi connectivity index (χ0v) is 23.5. The van der Waals surface area contributed by atoms with E-state index in [1.165, 1.54) is 12.1 Å². The minimum Gasteiger partial charge on any atom is -0.383 e. The summed E-state index contributed by atoms with van der Waals surface area (Å²) in [5.41, 5.74) is 19.5. The molecule has 224 valence electrons. The van der Waals surface area contributed by atoms with E-state index in [4.69, 9.17) is 11.5 Å². The third kappa shape index (κ3) is 6.82. The first-order valence-electron chi connectivity index (χ1n) is 14.1. The van der Waals surface area contributed by atoms with Gasteiger partial charge < -0.3 is 22.2 Å². The Labute approximate surface area is 247 Å². The molecule has 1 fully saturated rings. The van der Waals surface area contributed by atoms with Crippen molar-refractivity contribution >= 4 is 28.0 Å². The SMILES string of the molecule is CC([C@@H](NNc1ccc2ccnc(N)c2c1)Nc1cc(C(N)(CCC2CC2)c2ccc(C#N)cc2)ccc1F)C(F)(F)F. The van der Waals surface area contributed by atoms with Crippen LogP contribution in [0.2, 0.25) is 0 Å². The maximum atomic E-state index is 15.2. The Morgan fingerprint density at radius 2 is 1.74 bits per heavy atom. The van der Waals surface area contributed by atoms with Crippen LogP contribution in [-0.2, 0) is 5.54 Å². The highest BCUT2D eigenvalue weighted by Crippen LogP contribution is 2.41. The second kappa shape index (κ2) is 12.1. The Morgan fingerprint density at radius 3 is 2.42 bits per heavy atom. The lowest BCUT2D eigenvalue weighted by Gasteiger charge is -2.33. The van der Waals surface area contributed by atoms with E-state index in [1.807, 2.05) is 0 Å². The van der Waals surface area contributed by atoms with Crippen LogP contribution in [0, 0.1) is 29.0 Å². The molecule has 0 aliphatic heterocycles. The number of nitrogens with two attached hydrogens (primary N) is 2. The average molecular weight is 592 g/mol. The molecule has 2 unspecified atom stereocenters. The van der Waals surface area contributed by atoms with Crippen LogP contribution in [0.15, 0.2) is 72.9 Å². The van der Waals surface area contributed by atoms with E-state index in [-0.39, 0.29) is 11.5 Å². The zero-order chi connectivity index (χ0) is 30.8. The number of halogens is 4. The maximum absolute atomic E-state index is 15.2. The molecular weight excluding hydrogens is 558 g/mol. The minimum absolute atomic E-state index is 0.130.